The molecule has 38 heavy (non-hydrogen) atoms. The first-order valence-corrected chi connectivity index (χ1v) is 13.0. The van der Waals surface area contributed by atoms with Crippen LogP contribution in [0.15, 0.2) is 48.0 Å². The molecule has 2 aromatic carbocycles. The van der Waals surface area contributed by atoms with Gasteiger partial charge in [-0.25, -0.2) is 0 Å². The number of Topliss-reactive ketones (excluding diaryl/α,β-unsaturated/α-hetero) is 1. The predicted molar refractivity (Wildman–Crippen MR) is 143 cm³/mol. The largest absolute Gasteiger partial charge is 0.507 e. The fraction of sp³-hybridized carbons (Fsp3) is 0.448. The number of para-hydroxylation sites is 1. The van der Waals surface area contributed by atoms with Crippen molar-refractivity contribution in [2.45, 2.75) is 25.8 Å². The maximum atomic E-state index is 13.4. The fourth-order valence-corrected chi connectivity index (χ4v) is 4.94. The normalized spacial score (nSPS) is 19.6. The number of carbonyl (C=O) groups is 2. The third-order valence-corrected chi connectivity index (χ3v) is 6.85. The van der Waals surface area contributed by atoms with E-state index < -0.39 is 17.7 Å². The third kappa shape index (κ3) is 5.79. The predicted octanol–water partition coefficient (Wildman–Crippen LogP) is 3.64. The van der Waals surface area contributed by atoms with Gasteiger partial charge in [-0.1, -0.05) is 19.1 Å². The highest BCUT2D eigenvalue weighted by molar-refractivity contribution is 6.46. The van der Waals surface area contributed by atoms with Crippen molar-refractivity contribution in [1.82, 2.24) is 9.80 Å². The van der Waals surface area contributed by atoms with Gasteiger partial charge in [0.2, 0.25) is 0 Å². The molecule has 4 rings (SSSR count). The highest BCUT2D eigenvalue weighted by Gasteiger charge is 2.47. The lowest BCUT2D eigenvalue weighted by Gasteiger charge is -2.30. The summed E-state index contributed by atoms with van der Waals surface area (Å²) in [6, 6.07) is 11.3. The maximum Gasteiger partial charge on any atom is 0.295 e. The van der Waals surface area contributed by atoms with Crippen LogP contribution in [0.25, 0.3) is 5.76 Å². The van der Waals surface area contributed by atoms with Crippen LogP contribution in [0.5, 0.6) is 17.2 Å². The summed E-state index contributed by atoms with van der Waals surface area (Å²) >= 11 is 0. The standard InChI is InChI=1S/C29H36N2O7/c1-4-17-38-21-11-9-20(10-12-21)26(32)24-25(22-7-5-8-23(35-2)28(22)36-3)31(29(34)27(24)33)14-6-13-30-15-18-37-19-16-30/h5,7-12,25,32H,4,6,13-19H2,1-3H3. The van der Waals surface area contributed by atoms with Gasteiger partial charge in [-0.05, 0) is 43.2 Å². The molecule has 2 saturated heterocycles. The molecule has 2 aliphatic heterocycles. The molecular weight excluding hydrogens is 488 g/mol. The van der Waals surface area contributed by atoms with Crippen LogP contribution in [0.4, 0.5) is 0 Å². The van der Waals surface area contributed by atoms with Gasteiger partial charge >= 0.3 is 0 Å². The second-order valence-corrected chi connectivity index (χ2v) is 9.26. The maximum absolute atomic E-state index is 13.4. The van der Waals surface area contributed by atoms with Crippen molar-refractivity contribution in [3.8, 4) is 17.2 Å². The Balaban J connectivity index is 1.72. The summed E-state index contributed by atoms with van der Waals surface area (Å²) in [4.78, 5) is 30.6. The van der Waals surface area contributed by atoms with Crippen LogP contribution in [0.3, 0.4) is 0 Å². The van der Waals surface area contributed by atoms with E-state index in [0.717, 1.165) is 26.1 Å². The molecule has 0 radical (unpaired) electrons. The van der Waals surface area contributed by atoms with E-state index in [9.17, 15) is 14.7 Å². The van der Waals surface area contributed by atoms with E-state index in [1.54, 1.807) is 42.5 Å². The van der Waals surface area contributed by atoms with Gasteiger partial charge < -0.3 is 29.0 Å². The first kappa shape index (κ1) is 27.5. The molecule has 0 aliphatic carbocycles. The van der Waals surface area contributed by atoms with Crippen molar-refractivity contribution < 1.29 is 33.6 Å². The van der Waals surface area contributed by atoms with Crippen molar-refractivity contribution >= 4 is 17.4 Å². The van der Waals surface area contributed by atoms with E-state index in [4.69, 9.17) is 18.9 Å². The van der Waals surface area contributed by atoms with Crippen molar-refractivity contribution in [2.24, 2.45) is 0 Å². The Morgan fingerprint density at radius 3 is 2.42 bits per heavy atom. The minimum absolute atomic E-state index is 0.0233. The number of methoxy groups -OCH3 is 2. The van der Waals surface area contributed by atoms with E-state index in [-0.39, 0.29) is 11.3 Å². The monoisotopic (exact) mass is 524 g/mol. The van der Waals surface area contributed by atoms with Gasteiger partial charge in [0.25, 0.3) is 11.7 Å². The van der Waals surface area contributed by atoms with E-state index in [0.29, 0.717) is 61.2 Å². The number of carbonyl (C=O) groups excluding carboxylic acids is 2. The van der Waals surface area contributed by atoms with Crippen molar-refractivity contribution in [3.05, 3.63) is 59.2 Å². The van der Waals surface area contributed by atoms with E-state index >= 15 is 0 Å². The molecule has 0 bridgehead atoms. The van der Waals surface area contributed by atoms with Crippen LogP contribution in [0.1, 0.15) is 36.9 Å². The summed E-state index contributed by atoms with van der Waals surface area (Å²) in [7, 11) is 3.05. The number of morpholine rings is 1. The van der Waals surface area contributed by atoms with Gasteiger partial charge in [-0.15, -0.1) is 0 Å². The zero-order chi connectivity index (χ0) is 27.1. The fourth-order valence-electron chi connectivity index (χ4n) is 4.94. The van der Waals surface area contributed by atoms with Crippen molar-refractivity contribution in [1.29, 1.82) is 0 Å². The van der Waals surface area contributed by atoms with Crippen molar-refractivity contribution in [2.75, 3.05) is 60.2 Å². The molecule has 0 aromatic heterocycles. The molecule has 2 heterocycles. The number of ketones is 1. The smallest absolute Gasteiger partial charge is 0.295 e. The third-order valence-electron chi connectivity index (χ3n) is 6.85. The quantitative estimate of drug-likeness (QED) is 0.270. The molecule has 1 unspecified atom stereocenters. The number of rotatable bonds is 11. The molecule has 1 amide bonds. The second kappa shape index (κ2) is 12.8. The molecular formula is C29H36N2O7. The number of hydrogen-bond donors (Lipinski definition) is 1. The number of ether oxygens (including phenoxy) is 4. The lowest BCUT2D eigenvalue weighted by molar-refractivity contribution is -0.140. The Morgan fingerprint density at radius 2 is 1.76 bits per heavy atom. The number of likely N-dealkylation sites (tertiary alicyclic amines) is 1. The number of amides is 1. The Hall–Kier alpha value is -3.56. The van der Waals surface area contributed by atoms with Crippen LogP contribution in [-0.4, -0.2) is 86.8 Å². The average Bonchev–Trinajstić information content (AvgIpc) is 3.21. The Bertz CT molecular complexity index is 1160. The van der Waals surface area contributed by atoms with Gasteiger partial charge in [0.15, 0.2) is 11.5 Å². The number of nitrogens with zero attached hydrogens (tertiary/aromatic N) is 2. The minimum Gasteiger partial charge on any atom is -0.507 e. The van der Waals surface area contributed by atoms with Gasteiger partial charge in [0, 0.05) is 37.3 Å². The zero-order valence-electron chi connectivity index (χ0n) is 22.3. The summed E-state index contributed by atoms with van der Waals surface area (Å²) in [6.07, 6.45) is 1.54. The summed E-state index contributed by atoms with van der Waals surface area (Å²) in [5, 5.41) is 11.4. The first-order valence-electron chi connectivity index (χ1n) is 13.0. The molecule has 1 atom stereocenters. The molecule has 9 nitrogen and oxygen atoms in total. The van der Waals surface area contributed by atoms with E-state index in [1.807, 2.05) is 6.92 Å². The molecule has 204 valence electrons. The molecule has 9 heteroatoms. The molecule has 0 spiro atoms. The van der Waals surface area contributed by atoms with Crippen LogP contribution < -0.4 is 14.2 Å². The molecule has 2 fully saturated rings. The van der Waals surface area contributed by atoms with Gasteiger partial charge in [0.1, 0.15) is 11.5 Å². The Labute approximate surface area is 223 Å². The molecule has 1 N–H and O–H groups in total. The van der Waals surface area contributed by atoms with Crippen molar-refractivity contribution in [3.63, 3.8) is 0 Å². The van der Waals surface area contributed by atoms with Crippen LogP contribution >= 0.6 is 0 Å². The highest BCUT2D eigenvalue weighted by Crippen LogP contribution is 2.45. The topological polar surface area (TPSA) is 97.8 Å². The van der Waals surface area contributed by atoms with Gasteiger partial charge in [-0.3, -0.25) is 14.5 Å². The Kier molecular flexibility index (Phi) is 9.25. The van der Waals surface area contributed by atoms with Crippen LogP contribution in [0.2, 0.25) is 0 Å². The highest BCUT2D eigenvalue weighted by atomic mass is 16.5. The SMILES string of the molecule is CCCOc1ccc(C(O)=C2C(=O)C(=O)N(CCCN3CCOCC3)C2c2cccc(OC)c2OC)cc1. The Morgan fingerprint density at radius 1 is 1.03 bits per heavy atom. The summed E-state index contributed by atoms with van der Waals surface area (Å²) < 4.78 is 22.2. The summed E-state index contributed by atoms with van der Waals surface area (Å²) in [5.74, 6) is -0.0640. The van der Waals surface area contributed by atoms with Gasteiger partial charge in [-0.2, -0.15) is 0 Å². The average molecular weight is 525 g/mol. The number of aliphatic hydroxyl groups is 1. The molecule has 0 saturated carbocycles. The number of hydrogen-bond acceptors (Lipinski definition) is 8. The van der Waals surface area contributed by atoms with E-state index in [1.165, 1.54) is 19.1 Å². The number of aliphatic hydroxyl groups excluding tert-OH is 1. The number of benzene rings is 2. The van der Waals surface area contributed by atoms with Gasteiger partial charge in [0.05, 0.1) is 45.7 Å². The summed E-state index contributed by atoms with van der Waals surface area (Å²) in [5.41, 5.74) is 1.02. The summed E-state index contributed by atoms with van der Waals surface area (Å²) in [6.45, 7) is 6.76. The first-order chi connectivity index (χ1) is 18.5. The molecule has 2 aromatic rings. The lowest BCUT2D eigenvalue weighted by atomic mass is 9.94. The zero-order valence-corrected chi connectivity index (χ0v) is 22.3. The second-order valence-electron chi connectivity index (χ2n) is 9.26. The molecule has 2 aliphatic rings. The van der Waals surface area contributed by atoms with Crippen LogP contribution in [-0.2, 0) is 14.3 Å². The minimum atomic E-state index is -0.833. The van der Waals surface area contributed by atoms with Crippen LogP contribution in [0, 0.1) is 0 Å². The lowest BCUT2D eigenvalue weighted by Crippen LogP contribution is -2.39. The van der Waals surface area contributed by atoms with E-state index in [2.05, 4.69) is 4.90 Å².